The van der Waals surface area contributed by atoms with Crippen molar-refractivity contribution in [3.8, 4) is 22.9 Å². The van der Waals surface area contributed by atoms with Crippen molar-refractivity contribution < 1.29 is 17.1 Å². The molecule has 0 aromatic carbocycles. The zero-order valence-corrected chi connectivity index (χ0v) is 24.6. The minimum absolute atomic E-state index is 0. The first-order chi connectivity index (χ1) is 21.1. The fourth-order valence-corrected chi connectivity index (χ4v) is 4.97. The van der Waals surface area contributed by atoms with Gasteiger partial charge in [-0.25, -0.2) is 9.97 Å². The van der Waals surface area contributed by atoms with E-state index in [1.807, 2.05) is 50.3 Å². The molecule has 0 fully saturated rings. The summed E-state index contributed by atoms with van der Waals surface area (Å²) in [7, 11) is 0. The molecule has 7 rings (SSSR count). The molecule has 217 valence electrons. The molecule has 7 heterocycles. The summed E-state index contributed by atoms with van der Waals surface area (Å²) in [5.74, 6) is 1.58. The van der Waals surface area contributed by atoms with Crippen LogP contribution in [0.15, 0.2) is 73.0 Å². The summed E-state index contributed by atoms with van der Waals surface area (Å²) in [4.78, 5) is 52.4. The van der Waals surface area contributed by atoms with Crippen molar-refractivity contribution in [1.82, 2.24) is 49.8 Å². The van der Waals surface area contributed by atoms with E-state index in [0.717, 1.165) is 22.3 Å². The van der Waals surface area contributed by atoms with Crippen molar-refractivity contribution >= 4 is 57.1 Å². The Bertz CT molecular complexity index is 2240. The first-order valence-corrected chi connectivity index (χ1v) is 13.5. The van der Waals surface area contributed by atoms with Gasteiger partial charge in [0.15, 0.2) is 0 Å². The van der Waals surface area contributed by atoms with E-state index < -0.39 is 0 Å². The van der Waals surface area contributed by atoms with Crippen molar-refractivity contribution in [1.29, 1.82) is 0 Å². The topological polar surface area (TPSA) is 144 Å². The van der Waals surface area contributed by atoms with Crippen LogP contribution in [0, 0.1) is 0 Å². The maximum absolute atomic E-state index is 4.91. The number of rotatable bonds is 5. The second-order valence-electron chi connectivity index (χ2n) is 9.64. The van der Waals surface area contributed by atoms with Crippen LogP contribution in [0.2, 0.25) is 0 Å². The quantitative estimate of drug-likeness (QED) is 0.140. The molecule has 8 bridgehead atoms. The Hall–Kier alpha value is -5.45. The molecule has 5 aromatic rings. The number of aromatic nitrogens is 10. The van der Waals surface area contributed by atoms with E-state index >= 15 is 0 Å². The van der Waals surface area contributed by atoms with E-state index in [1.54, 1.807) is 30.8 Å². The summed E-state index contributed by atoms with van der Waals surface area (Å²) in [5, 5.41) is 0.716. The molecule has 0 saturated carbocycles. The zero-order chi connectivity index (χ0) is 29.5. The van der Waals surface area contributed by atoms with Gasteiger partial charge >= 0.3 is 17.1 Å². The van der Waals surface area contributed by atoms with Crippen LogP contribution >= 0.6 is 0 Å². The smallest absolute Gasteiger partial charge is 0.357 e. The third-order valence-corrected chi connectivity index (χ3v) is 7.02. The Labute approximate surface area is 262 Å². The Morgan fingerprint density at radius 1 is 0.818 bits per heavy atom. The van der Waals surface area contributed by atoms with Crippen molar-refractivity contribution in [2.24, 2.45) is 4.99 Å². The average molecular weight is 625 g/mol. The Morgan fingerprint density at radius 2 is 1.55 bits per heavy atom. The second-order valence-corrected chi connectivity index (χ2v) is 9.64. The summed E-state index contributed by atoms with van der Waals surface area (Å²) in [5.41, 5.74) is 6.47. The molecule has 0 atom stereocenters. The minimum Gasteiger partial charge on any atom is -0.357 e. The number of fused-ring (bicyclic) bond motifs is 14. The first-order valence-electron chi connectivity index (χ1n) is 13.5. The average Bonchev–Trinajstić information content (AvgIpc) is 3.73. The van der Waals surface area contributed by atoms with Gasteiger partial charge in [0.25, 0.3) is 0 Å². The van der Waals surface area contributed by atoms with Crippen molar-refractivity contribution in [3.05, 3.63) is 90.8 Å². The number of nitrogens with zero attached hydrogens (tertiary/aromatic N) is 11. The van der Waals surface area contributed by atoms with Gasteiger partial charge in [0, 0.05) is 57.7 Å². The van der Waals surface area contributed by atoms with Gasteiger partial charge in [-0.15, -0.1) is 0 Å². The molecule has 0 amide bonds. The molecule has 11 nitrogen and oxygen atoms in total. The van der Waals surface area contributed by atoms with E-state index in [9.17, 15) is 0 Å². The number of pyridine rings is 2. The monoisotopic (exact) mass is 624 g/mol. The molecule has 0 unspecified atom stereocenters. The van der Waals surface area contributed by atoms with Gasteiger partial charge in [0.05, 0.1) is 22.9 Å². The van der Waals surface area contributed by atoms with Crippen LogP contribution in [0.1, 0.15) is 36.6 Å². The molecule has 2 aliphatic rings. The van der Waals surface area contributed by atoms with Gasteiger partial charge in [-0.05, 0) is 49.6 Å². The Kier molecular flexibility index (Phi) is 7.60. The predicted octanol–water partition coefficient (Wildman–Crippen LogP) is 5.33. The van der Waals surface area contributed by atoms with Crippen LogP contribution in [0.25, 0.3) is 73.7 Å². The van der Waals surface area contributed by atoms with Gasteiger partial charge in [-0.2, -0.15) is 0 Å². The summed E-state index contributed by atoms with van der Waals surface area (Å²) < 4.78 is 0. The van der Waals surface area contributed by atoms with Crippen molar-refractivity contribution in [3.63, 3.8) is 0 Å². The zero-order valence-electron chi connectivity index (χ0n) is 23.7. The third-order valence-electron chi connectivity index (χ3n) is 7.02. The maximum Gasteiger partial charge on any atom is 2.00 e. The molecule has 0 N–H and O–H groups in total. The fraction of sp³-hybridized carbons (Fsp3) is 0.0938. The van der Waals surface area contributed by atoms with Gasteiger partial charge in [0.1, 0.15) is 17.3 Å². The van der Waals surface area contributed by atoms with Crippen LogP contribution < -0.4 is 9.97 Å². The SMILES string of the molecule is C=CC=NC1=C(C)c2nc1nc1[n-]c(nc3nc(nc4[n-]c(n2)c(C/C=C\C)c4C=C)-c2ncccc2-3)c2ncccc12.[Cu+2]. The molecule has 1 radical (unpaired) electrons. The van der Waals surface area contributed by atoms with Gasteiger partial charge in [-0.1, -0.05) is 43.5 Å². The maximum atomic E-state index is 4.91. The third kappa shape index (κ3) is 4.76. The molecule has 12 heteroatoms. The number of hydrogen-bond donors (Lipinski definition) is 0. The van der Waals surface area contributed by atoms with E-state index in [4.69, 9.17) is 39.9 Å². The standard InChI is InChI=1S/C32H23N11.Cu/c1-5-8-11-19-18(7-3)26-38-27(19)36-25-17(4)22(33-14-6-2)30(37-25)40-28-20-12-9-16-35-24(20)32(41-28)43-29-21-13-10-15-34-23(21)31(39-26)42-29;/h5-10,12-16H,2-3,11H2,1,4H3;/q-2;+2/b8-5-,33-14?;. The second kappa shape index (κ2) is 11.7. The molecule has 44 heavy (non-hydrogen) atoms. The summed E-state index contributed by atoms with van der Waals surface area (Å²) in [6.45, 7) is 11.7. The Morgan fingerprint density at radius 3 is 2.36 bits per heavy atom. The molecule has 0 spiro atoms. The predicted molar refractivity (Wildman–Crippen MR) is 167 cm³/mol. The molecule has 0 aliphatic carbocycles. The molecule has 2 aliphatic heterocycles. The van der Waals surface area contributed by atoms with E-state index in [2.05, 4.69) is 28.1 Å². The number of aliphatic imine (C=N–C) groups is 1. The Balaban J connectivity index is 0.00000343. The molecule has 5 aromatic heterocycles. The molecular formula is C32H23CuN11. The van der Waals surface area contributed by atoms with Crippen LogP contribution in [-0.4, -0.2) is 46.1 Å². The number of allylic oxidation sites excluding steroid dienone is 4. The van der Waals surface area contributed by atoms with E-state index in [-0.39, 0.29) is 17.1 Å². The summed E-state index contributed by atoms with van der Waals surface area (Å²) >= 11 is 0. The largest absolute Gasteiger partial charge is 2.00 e. The molecule has 0 saturated heterocycles. The van der Waals surface area contributed by atoms with Gasteiger partial charge in [-0.3, -0.25) is 15.0 Å². The summed E-state index contributed by atoms with van der Waals surface area (Å²) in [6.07, 6.45) is 12.9. The van der Waals surface area contributed by atoms with Crippen molar-refractivity contribution in [2.45, 2.75) is 20.3 Å². The molecular weight excluding hydrogens is 602 g/mol. The fourth-order valence-electron chi connectivity index (χ4n) is 4.97. The normalized spacial score (nSPS) is 12.6. The van der Waals surface area contributed by atoms with Crippen molar-refractivity contribution in [2.75, 3.05) is 0 Å². The summed E-state index contributed by atoms with van der Waals surface area (Å²) in [6, 6.07) is 7.46. The van der Waals surface area contributed by atoms with Crippen LogP contribution in [-0.2, 0) is 23.5 Å². The van der Waals surface area contributed by atoms with Gasteiger partial charge in [0.2, 0.25) is 0 Å². The van der Waals surface area contributed by atoms with E-state index in [1.165, 1.54) is 0 Å². The number of hydrogen-bond acceptors (Lipinski definition) is 9. The van der Waals surface area contributed by atoms with Gasteiger partial charge < -0.3 is 29.9 Å². The van der Waals surface area contributed by atoms with Crippen LogP contribution in [0.3, 0.4) is 0 Å². The van der Waals surface area contributed by atoms with E-state index in [0.29, 0.717) is 74.6 Å². The van der Waals surface area contributed by atoms with Crippen LogP contribution in [0.4, 0.5) is 0 Å². The minimum atomic E-state index is 0. The first kappa shape index (κ1) is 28.7. The van der Waals surface area contributed by atoms with Crippen LogP contribution in [0.5, 0.6) is 0 Å².